The van der Waals surface area contributed by atoms with Gasteiger partial charge in [0.1, 0.15) is 5.82 Å². The topological polar surface area (TPSA) is 27.0 Å². The summed E-state index contributed by atoms with van der Waals surface area (Å²) in [5, 5.41) is 8.78. The van der Waals surface area contributed by atoms with Crippen molar-refractivity contribution in [3.63, 3.8) is 0 Å². The lowest BCUT2D eigenvalue weighted by molar-refractivity contribution is 0.625. The molecule has 4 heteroatoms. The lowest BCUT2D eigenvalue weighted by atomic mass is 10.2. The number of nitriles is 1. The molecule has 0 unspecified atom stereocenters. The SMILES string of the molecule is N#CCCN(Cc1ccc(F)cc1Br)c1ccccc1. The van der Waals surface area contributed by atoms with Gasteiger partial charge in [0.05, 0.1) is 12.5 Å². The summed E-state index contributed by atoms with van der Waals surface area (Å²) in [6.07, 6.45) is 0.452. The van der Waals surface area contributed by atoms with Gasteiger partial charge in [-0.1, -0.05) is 40.2 Å². The standard InChI is InChI=1S/C16H14BrFN2/c17-16-11-14(18)8-7-13(16)12-20(10-4-9-19)15-5-2-1-3-6-15/h1-3,5-8,11H,4,10,12H2. The molecule has 2 nitrogen and oxygen atoms in total. The number of rotatable bonds is 5. The molecular weight excluding hydrogens is 319 g/mol. The molecule has 0 amide bonds. The average molecular weight is 333 g/mol. The lowest BCUT2D eigenvalue weighted by Crippen LogP contribution is -2.23. The predicted molar refractivity (Wildman–Crippen MR) is 81.8 cm³/mol. The van der Waals surface area contributed by atoms with Crippen molar-refractivity contribution in [2.45, 2.75) is 13.0 Å². The second kappa shape index (κ2) is 7.06. The molecule has 0 radical (unpaired) electrons. The molecule has 2 aromatic carbocycles. The smallest absolute Gasteiger partial charge is 0.124 e. The minimum absolute atomic E-state index is 0.260. The number of nitrogens with zero attached hydrogens (tertiary/aromatic N) is 2. The zero-order chi connectivity index (χ0) is 14.4. The molecule has 0 aliphatic heterocycles. The number of hydrogen-bond donors (Lipinski definition) is 0. The third-order valence-electron chi connectivity index (χ3n) is 2.99. The van der Waals surface area contributed by atoms with Crippen LogP contribution in [0.4, 0.5) is 10.1 Å². The van der Waals surface area contributed by atoms with Crippen molar-refractivity contribution in [3.05, 3.63) is 64.4 Å². The molecule has 2 rings (SSSR count). The molecule has 0 N–H and O–H groups in total. The van der Waals surface area contributed by atoms with E-state index in [4.69, 9.17) is 5.26 Å². The fraction of sp³-hybridized carbons (Fsp3) is 0.188. The molecule has 0 spiro atoms. The summed E-state index contributed by atoms with van der Waals surface area (Å²) in [5.41, 5.74) is 2.05. The number of anilines is 1. The molecule has 20 heavy (non-hydrogen) atoms. The monoisotopic (exact) mass is 332 g/mol. The summed E-state index contributed by atoms with van der Waals surface area (Å²) >= 11 is 3.38. The second-order valence-electron chi connectivity index (χ2n) is 4.40. The van der Waals surface area contributed by atoms with E-state index in [1.165, 1.54) is 12.1 Å². The third kappa shape index (κ3) is 3.82. The Hall–Kier alpha value is -1.86. The highest BCUT2D eigenvalue weighted by molar-refractivity contribution is 9.10. The van der Waals surface area contributed by atoms with Crippen LogP contribution in [0.15, 0.2) is 53.0 Å². The first-order valence-corrected chi connectivity index (χ1v) is 7.11. The van der Waals surface area contributed by atoms with Crippen molar-refractivity contribution < 1.29 is 4.39 Å². The van der Waals surface area contributed by atoms with E-state index in [9.17, 15) is 4.39 Å². The number of para-hydroxylation sites is 1. The van der Waals surface area contributed by atoms with Crippen LogP contribution < -0.4 is 4.90 Å². The van der Waals surface area contributed by atoms with Gasteiger partial charge in [0, 0.05) is 23.2 Å². The maximum Gasteiger partial charge on any atom is 0.124 e. The molecule has 0 aliphatic carbocycles. The van der Waals surface area contributed by atoms with E-state index in [1.54, 1.807) is 6.07 Å². The number of hydrogen-bond acceptors (Lipinski definition) is 2. The lowest BCUT2D eigenvalue weighted by Gasteiger charge is -2.24. The summed E-state index contributed by atoms with van der Waals surface area (Å²) in [5.74, 6) is -0.260. The Balaban J connectivity index is 2.22. The normalized spacial score (nSPS) is 10.1. The van der Waals surface area contributed by atoms with Gasteiger partial charge in [0.25, 0.3) is 0 Å². The number of halogens is 2. The molecule has 0 bridgehead atoms. The highest BCUT2D eigenvalue weighted by Gasteiger charge is 2.09. The minimum Gasteiger partial charge on any atom is -0.366 e. The fourth-order valence-corrected chi connectivity index (χ4v) is 2.45. The number of benzene rings is 2. The first kappa shape index (κ1) is 14.5. The van der Waals surface area contributed by atoms with Gasteiger partial charge in [-0.25, -0.2) is 4.39 Å². The molecule has 0 atom stereocenters. The molecule has 0 saturated heterocycles. The van der Waals surface area contributed by atoms with E-state index in [-0.39, 0.29) is 5.82 Å². The molecule has 0 saturated carbocycles. The van der Waals surface area contributed by atoms with Gasteiger partial charge in [-0.15, -0.1) is 0 Å². The van der Waals surface area contributed by atoms with Crippen LogP contribution in [0.5, 0.6) is 0 Å². The van der Waals surface area contributed by atoms with E-state index in [1.807, 2.05) is 30.3 Å². The zero-order valence-electron chi connectivity index (χ0n) is 10.9. The summed E-state index contributed by atoms with van der Waals surface area (Å²) in [6.45, 7) is 1.27. The average Bonchev–Trinajstić information content (AvgIpc) is 2.46. The van der Waals surface area contributed by atoms with Crippen LogP contribution in [0.2, 0.25) is 0 Å². The van der Waals surface area contributed by atoms with Crippen LogP contribution in [-0.2, 0) is 6.54 Å². The Morgan fingerprint density at radius 1 is 1.15 bits per heavy atom. The molecule has 0 heterocycles. The van der Waals surface area contributed by atoms with E-state index >= 15 is 0 Å². The van der Waals surface area contributed by atoms with Gasteiger partial charge in [-0.2, -0.15) is 5.26 Å². The van der Waals surface area contributed by atoms with Crippen LogP contribution in [0, 0.1) is 17.1 Å². The van der Waals surface area contributed by atoms with Gasteiger partial charge in [-0.3, -0.25) is 0 Å². The Morgan fingerprint density at radius 3 is 2.55 bits per heavy atom. The van der Waals surface area contributed by atoms with E-state index in [0.717, 1.165) is 15.7 Å². The van der Waals surface area contributed by atoms with E-state index in [0.29, 0.717) is 19.5 Å². The molecule has 2 aromatic rings. The fourth-order valence-electron chi connectivity index (χ4n) is 1.98. The van der Waals surface area contributed by atoms with Crippen molar-refractivity contribution in [3.8, 4) is 6.07 Å². The summed E-state index contributed by atoms with van der Waals surface area (Å²) in [4.78, 5) is 2.11. The van der Waals surface area contributed by atoms with Crippen LogP contribution >= 0.6 is 15.9 Å². The Kier molecular flexibility index (Phi) is 5.14. The molecule has 0 aliphatic rings. The van der Waals surface area contributed by atoms with Crippen LogP contribution in [0.1, 0.15) is 12.0 Å². The first-order chi connectivity index (χ1) is 9.70. The minimum atomic E-state index is -0.260. The Bertz CT molecular complexity index is 608. The maximum atomic E-state index is 13.1. The molecule has 102 valence electrons. The Labute approximate surface area is 126 Å². The van der Waals surface area contributed by atoms with Crippen molar-refractivity contribution in [1.29, 1.82) is 5.26 Å². The summed E-state index contributed by atoms with van der Waals surface area (Å²) in [6, 6.07) is 16.8. The third-order valence-corrected chi connectivity index (χ3v) is 3.73. The van der Waals surface area contributed by atoms with E-state index < -0.39 is 0 Å². The highest BCUT2D eigenvalue weighted by Crippen LogP contribution is 2.23. The van der Waals surface area contributed by atoms with Crippen molar-refractivity contribution in [2.24, 2.45) is 0 Å². The summed E-state index contributed by atoms with van der Waals surface area (Å²) in [7, 11) is 0. The summed E-state index contributed by atoms with van der Waals surface area (Å²) < 4.78 is 13.9. The van der Waals surface area contributed by atoms with Crippen LogP contribution in [0.3, 0.4) is 0 Å². The molecule has 0 fully saturated rings. The first-order valence-electron chi connectivity index (χ1n) is 6.31. The van der Waals surface area contributed by atoms with Crippen molar-refractivity contribution in [2.75, 3.05) is 11.4 Å². The van der Waals surface area contributed by atoms with Crippen LogP contribution in [0.25, 0.3) is 0 Å². The largest absolute Gasteiger partial charge is 0.366 e. The molecule has 0 aromatic heterocycles. The van der Waals surface area contributed by atoms with Crippen molar-refractivity contribution >= 4 is 21.6 Å². The second-order valence-corrected chi connectivity index (χ2v) is 5.26. The highest BCUT2D eigenvalue weighted by atomic mass is 79.9. The maximum absolute atomic E-state index is 13.1. The van der Waals surface area contributed by atoms with Gasteiger partial charge in [0.2, 0.25) is 0 Å². The van der Waals surface area contributed by atoms with E-state index in [2.05, 4.69) is 26.9 Å². The Morgan fingerprint density at radius 2 is 1.90 bits per heavy atom. The van der Waals surface area contributed by atoms with Gasteiger partial charge in [0.15, 0.2) is 0 Å². The van der Waals surface area contributed by atoms with Gasteiger partial charge >= 0.3 is 0 Å². The zero-order valence-corrected chi connectivity index (χ0v) is 12.5. The van der Waals surface area contributed by atoms with Crippen LogP contribution in [-0.4, -0.2) is 6.54 Å². The predicted octanol–water partition coefficient (Wildman–Crippen LogP) is 4.51. The van der Waals surface area contributed by atoms with Gasteiger partial charge < -0.3 is 4.90 Å². The molecular formula is C16H14BrFN2. The van der Waals surface area contributed by atoms with Crippen molar-refractivity contribution in [1.82, 2.24) is 0 Å². The quantitative estimate of drug-likeness (QED) is 0.805. The van der Waals surface area contributed by atoms with Gasteiger partial charge in [-0.05, 0) is 29.8 Å².